The zero-order chi connectivity index (χ0) is 20.7. The van der Waals surface area contributed by atoms with Gasteiger partial charge in [-0.25, -0.2) is 5.43 Å². The van der Waals surface area contributed by atoms with E-state index in [0.717, 1.165) is 5.56 Å². The standard InChI is InChI=1S/C21H27N3O4/c1-14(2)13-28-20(26)19-16(15-7-5-4-6-8-15)11-21(3,27)12-17(19)23-24-18(25)9-10-22/h4-8,14,16,19,27H,9,11-13H2,1-3H3,(H,24,25)/b23-17-/t16-,19+,21+/m0/s1. The topological polar surface area (TPSA) is 112 Å². The lowest BCUT2D eigenvalue weighted by molar-refractivity contribution is -0.149. The zero-order valence-electron chi connectivity index (χ0n) is 16.5. The van der Waals surface area contributed by atoms with E-state index in [1.807, 2.05) is 44.2 Å². The van der Waals surface area contributed by atoms with Crippen molar-refractivity contribution in [3.05, 3.63) is 35.9 Å². The Balaban J connectivity index is 2.40. The second-order valence-electron chi connectivity index (χ2n) is 7.87. The summed E-state index contributed by atoms with van der Waals surface area (Å²) in [6, 6.07) is 11.2. The van der Waals surface area contributed by atoms with Gasteiger partial charge in [0, 0.05) is 12.3 Å². The van der Waals surface area contributed by atoms with Gasteiger partial charge in [-0.3, -0.25) is 9.59 Å². The molecule has 3 atom stereocenters. The first-order valence-electron chi connectivity index (χ1n) is 9.39. The van der Waals surface area contributed by atoms with E-state index in [9.17, 15) is 14.7 Å². The fourth-order valence-electron chi connectivity index (χ4n) is 3.40. The fraction of sp³-hybridized carbons (Fsp3) is 0.524. The third-order valence-corrected chi connectivity index (χ3v) is 4.59. The van der Waals surface area contributed by atoms with Crippen molar-refractivity contribution in [3.63, 3.8) is 0 Å². The van der Waals surface area contributed by atoms with Crippen LogP contribution in [0.4, 0.5) is 0 Å². The van der Waals surface area contributed by atoms with E-state index in [0.29, 0.717) is 12.1 Å². The number of hydrogen-bond donors (Lipinski definition) is 2. The number of carbonyl (C=O) groups excluding carboxylic acids is 2. The summed E-state index contributed by atoms with van der Waals surface area (Å²) >= 11 is 0. The molecule has 1 fully saturated rings. The van der Waals surface area contributed by atoms with Gasteiger partial charge < -0.3 is 9.84 Å². The van der Waals surface area contributed by atoms with Crippen LogP contribution in [0.15, 0.2) is 35.4 Å². The molecule has 1 aromatic carbocycles. The molecule has 150 valence electrons. The molecule has 1 aromatic rings. The lowest BCUT2D eigenvalue weighted by Gasteiger charge is -2.39. The van der Waals surface area contributed by atoms with Crippen molar-refractivity contribution in [2.24, 2.45) is 16.9 Å². The van der Waals surface area contributed by atoms with Crippen LogP contribution in [0, 0.1) is 23.2 Å². The lowest BCUT2D eigenvalue weighted by atomic mass is 9.68. The Morgan fingerprint density at radius 1 is 1.39 bits per heavy atom. The minimum atomic E-state index is -1.09. The fourth-order valence-corrected chi connectivity index (χ4v) is 3.40. The Kier molecular flexibility index (Phi) is 7.30. The molecular formula is C21H27N3O4. The number of aliphatic hydroxyl groups is 1. The summed E-state index contributed by atoms with van der Waals surface area (Å²) < 4.78 is 5.48. The summed E-state index contributed by atoms with van der Waals surface area (Å²) in [7, 11) is 0. The number of nitriles is 1. The summed E-state index contributed by atoms with van der Waals surface area (Å²) in [6.45, 7) is 5.86. The molecule has 2 rings (SSSR count). The highest BCUT2D eigenvalue weighted by Gasteiger charge is 2.45. The monoisotopic (exact) mass is 385 g/mol. The first kappa shape index (κ1) is 21.6. The number of benzene rings is 1. The van der Waals surface area contributed by atoms with Crippen molar-refractivity contribution in [2.45, 2.75) is 51.6 Å². The molecule has 7 nitrogen and oxygen atoms in total. The Labute approximate surface area is 165 Å². The van der Waals surface area contributed by atoms with Crippen LogP contribution in [0.5, 0.6) is 0 Å². The second kappa shape index (κ2) is 9.47. The molecule has 0 aliphatic heterocycles. The van der Waals surface area contributed by atoms with Crippen LogP contribution < -0.4 is 5.43 Å². The summed E-state index contributed by atoms with van der Waals surface area (Å²) in [5, 5.41) is 23.5. The van der Waals surface area contributed by atoms with Crippen LogP contribution in [0.2, 0.25) is 0 Å². The van der Waals surface area contributed by atoms with Crippen LogP contribution in [0.1, 0.15) is 51.5 Å². The number of esters is 1. The molecule has 2 N–H and O–H groups in total. The van der Waals surface area contributed by atoms with Crippen molar-refractivity contribution < 1.29 is 19.4 Å². The summed E-state index contributed by atoms with van der Waals surface area (Å²) in [6.07, 6.45) is 0.159. The third kappa shape index (κ3) is 5.89. The van der Waals surface area contributed by atoms with E-state index in [-0.39, 0.29) is 31.3 Å². The quantitative estimate of drug-likeness (QED) is 0.577. The molecule has 1 amide bonds. The molecule has 1 saturated carbocycles. The predicted molar refractivity (Wildman–Crippen MR) is 104 cm³/mol. The van der Waals surface area contributed by atoms with Gasteiger partial charge in [0.1, 0.15) is 12.3 Å². The summed E-state index contributed by atoms with van der Waals surface area (Å²) in [5.41, 5.74) is 2.48. The van der Waals surface area contributed by atoms with Crippen molar-refractivity contribution >= 4 is 17.6 Å². The van der Waals surface area contributed by atoms with Crippen molar-refractivity contribution in [1.29, 1.82) is 5.26 Å². The Morgan fingerprint density at radius 2 is 2.07 bits per heavy atom. The number of carbonyl (C=O) groups is 2. The van der Waals surface area contributed by atoms with Gasteiger partial charge in [0.05, 0.1) is 24.0 Å². The lowest BCUT2D eigenvalue weighted by Crippen LogP contribution is -2.46. The smallest absolute Gasteiger partial charge is 0.315 e. The second-order valence-corrected chi connectivity index (χ2v) is 7.87. The number of hydrazone groups is 1. The molecule has 0 heterocycles. The predicted octanol–water partition coefficient (Wildman–Crippen LogP) is 2.52. The molecule has 0 spiro atoms. The normalized spacial score (nSPS) is 25.9. The highest BCUT2D eigenvalue weighted by atomic mass is 16.5. The average molecular weight is 385 g/mol. The van der Waals surface area contributed by atoms with Gasteiger partial charge in [-0.15, -0.1) is 0 Å². The molecule has 28 heavy (non-hydrogen) atoms. The molecular weight excluding hydrogens is 358 g/mol. The number of ether oxygens (including phenoxy) is 1. The number of hydrogen-bond acceptors (Lipinski definition) is 6. The van der Waals surface area contributed by atoms with Gasteiger partial charge >= 0.3 is 5.97 Å². The van der Waals surface area contributed by atoms with Crippen molar-refractivity contribution in [1.82, 2.24) is 5.43 Å². The van der Waals surface area contributed by atoms with Crippen LogP contribution in [-0.2, 0) is 14.3 Å². The van der Waals surface area contributed by atoms with Crippen LogP contribution in [0.25, 0.3) is 0 Å². The minimum absolute atomic E-state index is 0.130. The van der Waals surface area contributed by atoms with Crippen molar-refractivity contribution in [2.75, 3.05) is 6.61 Å². The summed E-state index contributed by atoms with van der Waals surface area (Å²) in [4.78, 5) is 24.6. The number of rotatable bonds is 6. The Morgan fingerprint density at radius 3 is 2.68 bits per heavy atom. The maximum atomic E-state index is 12.9. The number of nitrogens with one attached hydrogen (secondary N) is 1. The Bertz CT molecular complexity index is 766. The van der Waals surface area contributed by atoms with Gasteiger partial charge in [0.15, 0.2) is 0 Å². The van der Waals surface area contributed by atoms with E-state index < -0.39 is 23.4 Å². The number of nitrogens with zero attached hydrogens (tertiary/aromatic N) is 2. The highest BCUT2D eigenvalue weighted by molar-refractivity contribution is 6.04. The molecule has 0 radical (unpaired) electrons. The molecule has 0 unspecified atom stereocenters. The third-order valence-electron chi connectivity index (χ3n) is 4.59. The van der Waals surface area contributed by atoms with Gasteiger partial charge in [0.2, 0.25) is 0 Å². The van der Waals surface area contributed by atoms with Gasteiger partial charge in [-0.2, -0.15) is 10.4 Å². The van der Waals surface area contributed by atoms with E-state index in [2.05, 4.69) is 10.5 Å². The molecule has 0 bridgehead atoms. The Hall–Kier alpha value is -2.72. The van der Waals surface area contributed by atoms with E-state index >= 15 is 0 Å². The summed E-state index contributed by atoms with van der Waals surface area (Å²) in [5.74, 6) is -1.86. The first-order chi connectivity index (χ1) is 13.2. The minimum Gasteiger partial charge on any atom is -0.465 e. The maximum absolute atomic E-state index is 12.9. The van der Waals surface area contributed by atoms with Crippen LogP contribution in [0.3, 0.4) is 0 Å². The van der Waals surface area contributed by atoms with Gasteiger partial charge in [0.25, 0.3) is 5.91 Å². The molecule has 7 heteroatoms. The highest BCUT2D eigenvalue weighted by Crippen LogP contribution is 2.41. The first-order valence-corrected chi connectivity index (χ1v) is 9.39. The van der Waals surface area contributed by atoms with Crippen molar-refractivity contribution in [3.8, 4) is 6.07 Å². The molecule has 0 aromatic heterocycles. The van der Waals surface area contributed by atoms with E-state index in [4.69, 9.17) is 10.00 Å². The van der Waals surface area contributed by atoms with Crippen LogP contribution in [-0.4, -0.2) is 34.9 Å². The molecule has 1 aliphatic rings. The van der Waals surface area contributed by atoms with E-state index in [1.165, 1.54) is 0 Å². The average Bonchev–Trinajstić information content (AvgIpc) is 2.64. The molecule has 0 saturated heterocycles. The zero-order valence-corrected chi connectivity index (χ0v) is 16.5. The largest absolute Gasteiger partial charge is 0.465 e. The van der Waals surface area contributed by atoms with Gasteiger partial charge in [-0.05, 0) is 24.8 Å². The van der Waals surface area contributed by atoms with Gasteiger partial charge in [-0.1, -0.05) is 44.2 Å². The maximum Gasteiger partial charge on any atom is 0.315 e. The molecule has 1 aliphatic carbocycles. The number of amides is 1. The SMILES string of the molecule is CC(C)COC(=O)[C@H]1/C(=N\NC(=O)CC#N)C[C@](C)(O)C[C@H]1c1ccccc1. The van der Waals surface area contributed by atoms with E-state index in [1.54, 1.807) is 13.0 Å². The van der Waals surface area contributed by atoms with Crippen LogP contribution >= 0.6 is 0 Å².